The molecule has 0 radical (unpaired) electrons. The Labute approximate surface area is 179 Å². The summed E-state index contributed by atoms with van der Waals surface area (Å²) in [5, 5.41) is 2.36. The fourth-order valence-electron chi connectivity index (χ4n) is 2.60. The quantitative estimate of drug-likeness (QED) is 0.420. The second kappa shape index (κ2) is 9.71. The van der Waals surface area contributed by atoms with Crippen molar-refractivity contribution in [2.24, 2.45) is 5.41 Å². The number of fused-ring (bicyclic) bond motifs is 1. The summed E-state index contributed by atoms with van der Waals surface area (Å²) in [6.07, 6.45) is 1.07. The second-order valence-electron chi connectivity index (χ2n) is 8.13. The van der Waals surface area contributed by atoms with Gasteiger partial charge < -0.3 is 13.9 Å². The molecule has 1 N–H and O–H groups in total. The molecule has 7 nitrogen and oxygen atoms in total. The van der Waals surface area contributed by atoms with Crippen LogP contribution in [-0.4, -0.2) is 51.9 Å². The summed E-state index contributed by atoms with van der Waals surface area (Å²) < 4.78 is 47.4. The van der Waals surface area contributed by atoms with Crippen molar-refractivity contribution in [1.82, 2.24) is 14.5 Å². The smallest absolute Gasteiger partial charge is 0.232 e. The van der Waals surface area contributed by atoms with Gasteiger partial charge in [0.1, 0.15) is 37.1 Å². The maximum atomic E-state index is 14.4. The van der Waals surface area contributed by atoms with Crippen LogP contribution in [-0.2, 0) is 20.6 Å². The molecule has 0 saturated carbocycles. The molecule has 0 saturated heterocycles. The van der Waals surface area contributed by atoms with Crippen LogP contribution in [0.5, 0.6) is 0 Å². The maximum Gasteiger partial charge on any atom is 0.232 e. The van der Waals surface area contributed by atoms with Gasteiger partial charge in [0, 0.05) is 23.9 Å². The number of carbonyl (C=O) groups excluding carboxylic acids is 1. The van der Waals surface area contributed by atoms with Crippen LogP contribution < -0.4 is 5.32 Å². The standard InChI is InChI=1S/C19H28ClF2N4O3P/c1-6-30(28,7-2)11-29-12(8-21)9-26-10-13(22)14-15(20)23-18(24-16(14)26)25-17(27)19(3,4)5/h10,12H,6-9,11H2,1-5H3,(H,23,24,25,27)/t12-/m1/s1. The van der Waals surface area contributed by atoms with E-state index in [0.717, 1.165) is 6.20 Å². The van der Waals surface area contributed by atoms with Gasteiger partial charge in [0.2, 0.25) is 11.9 Å². The summed E-state index contributed by atoms with van der Waals surface area (Å²) in [6, 6.07) is 0. The van der Waals surface area contributed by atoms with E-state index in [1.54, 1.807) is 34.6 Å². The molecular weight excluding hydrogens is 437 g/mol. The van der Waals surface area contributed by atoms with Crippen LogP contribution in [0.25, 0.3) is 11.0 Å². The van der Waals surface area contributed by atoms with Crippen molar-refractivity contribution in [2.45, 2.75) is 47.3 Å². The van der Waals surface area contributed by atoms with Crippen molar-refractivity contribution >= 4 is 41.6 Å². The minimum atomic E-state index is -2.51. The van der Waals surface area contributed by atoms with Crippen LogP contribution >= 0.6 is 18.7 Å². The number of amides is 1. The predicted octanol–water partition coefficient (Wildman–Crippen LogP) is 4.92. The first-order valence-electron chi connectivity index (χ1n) is 9.72. The molecule has 0 aliphatic heterocycles. The molecule has 2 rings (SSSR count). The van der Waals surface area contributed by atoms with E-state index in [1.807, 2.05) is 0 Å². The van der Waals surface area contributed by atoms with Gasteiger partial charge in [0.05, 0.1) is 11.9 Å². The van der Waals surface area contributed by atoms with Crippen LogP contribution in [0.1, 0.15) is 34.6 Å². The molecule has 1 atom stereocenters. The third-order valence-electron chi connectivity index (χ3n) is 4.80. The number of hydrogen-bond donors (Lipinski definition) is 1. The summed E-state index contributed by atoms with van der Waals surface area (Å²) in [6.45, 7) is 7.86. The lowest BCUT2D eigenvalue weighted by molar-refractivity contribution is -0.123. The highest BCUT2D eigenvalue weighted by molar-refractivity contribution is 7.63. The monoisotopic (exact) mass is 464 g/mol. The van der Waals surface area contributed by atoms with E-state index in [9.17, 15) is 18.1 Å². The molecule has 0 unspecified atom stereocenters. The molecule has 30 heavy (non-hydrogen) atoms. The SMILES string of the molecule is CCP(=O)(CC)CO[C@H](CF)Cn1cc(F)c2c(Cl)nc(NC(=O)C(C)(C)C)nc21. The molecule has 0 fully saturated rings. The number of anilines is 1. The molecule has 0 aliphatic rings. The van der Waals surface area contributed by atoms with Gasteiger partial charge in [-0.25, -0.2) is 8.78 Å². The molecule has 0 aliphatic carbocycles. The number of rotatable bonds is 9. The molecule has 2 heterocycles. The number of halogens is 3. The Hall–Kier alpha value is -1.57. The van der Waals surface area contributed by atoms with Gasteiger partial charge in [-0.3, -0.25) is 10.1 Å². The number of nitrogens with zero attached hydrogens (tertiary/aromatic N) is 3. The average Bonchev–Trinajstić information content (AvgIpc) is 2.99. The first-order chi connectivity index (χ1) is 13.9. The molecular formula is C19H28ClF2N4O3P. The molecule has 0 bridgehead atoms. The molecule has 11 heteroatoms. The van der Waals surface area contributed by atoms with Crippen LogP contribution in [0.15, 0.2) is 6.20 Å². The number of aromatic nitrogens is 3. The zero-order chi connectivity index (χ0) is 22.7. The van der Waals surface area contributed by atoms with Gasteiger partial charge in [0.15, 0.2) is 5.82 Å². The minimum Gasteiger partial charge on any atom is -0.366 e. The van der Waals surface area contributed by atoms with Gasteiger partial charge >= 0.3 is 0 Å². The third kappa shape index (κ3) is 5.77. The Balaban J connectivity index is 2.32. The number of nitrogens with one attached hydrogen (secondary N) is 1. The molecule has 2 aromatic heterocycles. The fourth-order valence-corrected chi connectivity index (χ4v) is 4.14. The summed E-state index contributed by atoms with van der Waals surface area (Å²) >= 11 is 6.11. The second-order valence-corrected chi connectivity index (χ2v) is 12.1. The van der Waals surface area contributed by atoms with Crippen molar-refractivity contribution in [1.29, 1.82) is 0 Å². The minimum absolute atomic E-state index is 0.0316. The van der Waals surface area contributed by atoms with E-state index in [-0.39, 0.29) is 40.9 Å². The number of alkyl halides is 1. The zero-order valence-electron chi connectivity index (χ0n) is 17.8. The number of carbonyl (C=O) groups is 1. The summed E-state index contributed by atoms with van der Waals surface area (Å²) in [4.78, 5) is 20.4. The zero-order valence-corrected chi connectivity index (χ0v) is 19.5. The highest BCUT2D eigenvalue weighted by atomic mass is 35.5. The van der Waals surface area contributed by atoms with E-state index < -0.39 is 31.2 Å². The lowest BCUT2D eigenvalue weighted by Gasteiger charge is -2.20. The number of ether oxygens (including phenoxy) is 1. The van der Waals surface area contributed by atoms with Crippen LogP contribution in [0.2, 0.25) is 5.15 Å². The summed E-state index contributed by atoms with van der Waals surface area (Å²) in [5.74, 6) is -1.09. The largest absolute Gasteiger partial charge is 0.366 e. The van der Waals surface area contributed by atoms with Crippen molar-refractivity contribution in [3.63, 3.8) is 0 Å². The van der Waals surface area contributed by atoms with Crippen LogP contribution in [0.4, 0.5) is 14.7 Å². The Morgan fingerprint density at radius 3 is 2.50 bits per heavy atom. The van der Waals surface area contributed by atoms with E-state index in [0.29, 0.717) is 12.3 Å². The normalized spacial score (nSPS) is 13.6. The maximum absolute atomic E-state index is 14.4. The van der Waals surface area contributed by atoms with Crippen molar-refractivity contribution in [3.05, 3.63) is 17.2 Å². The van der Waals surface area contributed by atoms with Gasteiger partial charge in [-0.05, 0) is 0 Å². The Morgan fingerprint density at radius 2 is 1.97 bits per heavy atom. The first kappa shape index (κ1) is 24.7. The summed E-state index contributed by atoms with van der Waals surface area (Å²) in [5.41, 5.74) is -0.592. The highest BCUT2D eigenvalue weighted by Gasteiger charge is 2.25. The lowest BCUT2D eigenvalue weighted by atomic mass is 9.96. The predicted molar refractivity (Wildman–Crippen MR) is 115 cm³/mol. The van der Waals surface area contributed by atoms with Crippen molar-refractivity contribution in [2.75, 3.05) is 30.7 Å². The topological polar surface area (TPSA) is 86.1 Å². The van der Waals surface area contributed by atoms with Crippen LogP contribution in [0, 0.1) is 11.2 Å². The third-order valence-corrected chi connectivity index (χ3v) is 8.00. The van der Waals surface area contributed by atoms with Crippen LogP contribution in [0.3, 0.4) is 0 Å². The van der Waals surface area contributed by atoms with E-state index in [2.05, 4.69) is 15.3 Å². The van der Waals surface area contributed by atoms with E-state index in [4.69, 9.17) is 16.3 Å². The Morgan fingerprint density at radius 1 is 1.33 bits per heavy atom. The van der Waals surface area contributed by atoms with Gasteiger partial charge in [0.25, 0.3) is 0 Å². The fraction of sp³-hybridized carbons (Fsp3) is 0.632. The van der Waals surface area contributed by atoms with Crippen molar-refractivity contribution in [3.8, 4) is 0 Å². The Bertz CT molecular complexity index is 953. The average molecular weight is 465 g/mol. The lowest BCUT2D eigenvalue weighted by Crippen LogP contribution is -2.28. The Kier molecular flexibility index (Phi) is 7.99. The summed E-state index contributed by atoms with van der Waals surface area (Å²) in [7, 11) is -2.51. The number of hydrogen-bond acceptors (Lipinski definition) is 5. The molecule has 1 amide bonds. The molecule has 0 aromatic carbocycles. The van der Waals surface area contributed by atoms with E-state index in [1.165, 1.54) is 4.57 Å². The van der Waals surface area contributed by atoms with Gasteiger partial charge in [-0.1, -0.05) is 46.2 Å². The molecule has 0 spiro atoms. The highest BCUT2D eigenvalue weighted by Crippen LogP contribution is 2.44. The van der Waals surface area contributed by atoms with Gasteiger partial charge in [-0.15, -0.1) is 0 Å². The van der Waals surface area contributed by atoms with Crippen molar-refractivity contribution < 1.29 is 22.9 Å². The first-order valence-corrected chi connectivity index (χ1v) is 12.4. The molecule has 168 valence electrons. The van der Waals surface area contributed by atoms with E-state index >= 15 is 0 Å². The van der Waals surface area contributed by atoms with Gasteiger partial charge in [-0.2, -0.15) is 9.97 Å². The molecule has 2 aromatic rings.